The smallest absolute Gasteiger partial charge is 0.327 e. The number of ether oxygens (including phenoxy) is 2. The van der Waals surface area contributed by atoms with Crippen LogP contribution in [0, 0.1) is 5.92 Å². The predicted octanol–water partition coefficient (Wildman–Crippen LogP) is 1.69. The summed E-state index contributed by atoms with van der Waals surface area (Å²) in [4.78, 5) is 12.3. The maximum atomic E-state index is 12.3. The van der Waals surface area contributed by atoms with Crippen molar-refractivity contribution in [3.63, 3.8) is 0 Å². The largest absolute Gasteiger partial charge is 0.465 e. The standard InChI is InChI=1S/C13H25NO3S/c1-4-14-13(11-6-7-11,12(15)17-5-2)10-18-9-8-16-3/h11,14H,4-10H2,1-3H3. The van der Waals surface area contributed by atoms with Crippen LogP contribution in [0.3, 0.4) is 0 Å². The van der Waals surface area contributed by atoms with E-state index in [-0.39, 0.29) is 5.97 Å². The molecule has 0 heterocycles. The Balaban J connectivity index is 2.61. The third-order valence-corrected chi connectivity index (χ3v) is 4.28. The normalized spacial score (nSPS) is 18.4. The minimum absolute atomic E-state index is 0.0840. The lowest BCUT2D eigenvalue weighted by Crippen LogP contribution is -2.57. The first-order valence-electron chi connectivity index (χ1n) is 6.70. The van der Waals surface area contributed by atoms with Gasteiger partial charge in [0.1, 0.15) is 5.54 Å². The Kier molecular flexibility index (Phi) is 7.04. The van der Waals surface area contributed by atoms with Gasteiger partial charge in [0.25, 0.3) is 0 Å². The SMILES string of the molecule is CCNC(CSCCOC)(C(=O)OCC)C1CC1. The van der Waals surface area contributed by atoms with E-state index in [1.54, 1.807) is 18.9 Å². The van der Waals surface area contributed by atoms with Gasteiger partial charge in [0, 0.05) is 18.6 Å². The topological polar surface area (TPSA) is 47.6 Å². The molecule has 1 unspecified atom stereocenters. The molecule has 0 aromatic rings. The zero-order valence-corrected chi connectivity index (χ0v) is 12.5. The second kappa shape index (κ2) is 8.02. The number of rotatable bonds is 10. The van der Waals surface area contributed by atoms with Crippen LogP contribution in [0.2, 0.25) is 0 Å². The first-order chi connectivity index (χ1) is 8.71. The van der Waals surface area contributed by atoms with Crippen LogP contribution in [0.5, 0.6) is 0 Å². The van der Waals surface area contributed by atoms with Gasteiger partial charge < -0.3 is 14.8 Å². The summed E-state index contributed by atoms with van der Waals surface area (Å²) in [5.74, 6) is 2.04. The fourth-order valence-corrected chi connectivity index (χ4v) is 3.34. The fraction of sp³-hybridized carbons (Fsp3) is 0.923. The highest BCUT2D eigenvalue weighted by Crippen LogP contribution is 2.42. The molecule has 1 saturated carbocycles. The second-order valence-corrected chi connectivity index (χ2v) is 5.65. The third kappa shape index (κ3) is 4.14. The van der Waals surface area contributed by atoms with Crippen molar-refractivity contribution in [3.05, 3.63) is 0 Å². The lowest BCUT2D eigenvalue weighted by atomic mass is 9.95. The van der Waals surface area contributed by atoms with Crippen molar-refractivity contribution >= 4 is 17.7 Å². The average molecular weight is 275 g/mol. The molecule has 1 rings (SSSR count). The Morgan fingerprint density at radius 2 is 2.17 bits per heavy atom. The molecule has 1 fully saturated rings. The van der Waals surface area contributed by atoms with Crippen LogP contribution < -0.4 is 5.32 Å². The van der Waals surface area contributed by atoms with Crippen LogP contribution in [0.4, 0.5) is 0 Å². The van der Waals surface area contributed by atoms with E-state index >= 15 is 0 Å². The van der Waals surface area contributed by atoms with Crippen molar-refractivity contribution < 1.29 is 14.3 Å². The predicted molar refractivity (Wildman–Crippen MR) is 75.0 cm³/mol. The number of esters is 1. The van der Waals surface area contributed by atoms with Crippen molar-refractivity contribution in [1.82, 2.24) is 5.32 Å². The van der Waals surface area contributed by atoms with Gasteiger partial charge in [-0.1, -0.05) is 6.92 Å². The van der Waals surface area contributed by atoms with Crippen LogP contribution in [0.15, 0.2) is 0 Å². The van der Waals surface area contributed by atoms with E-state index in [2.05, 4.69) is 5.32 Å². The number of carbonyl (C=O) groups excluding carboxylic acids is 1. The van der Waals surface area contributed by atoms with Gasteiger partial charge in [0.15, 0.2) is 0 Å². The molecule has 1 aliphatic rings. The number of likely N-dealkylation sites (N-methyl/N-ethyl adjacent to an activating group) is 1. The molecule has 0 radical (unpaired) electrons. The van der Waals surface area contributed by atoms with Crippen molar-refractivity contribution in [2.75, 3.05) is 38.4 Å². The van der Waals surface area contributed by atoms with E-state index in [0.717, 1.165) is 37.5 Å². The number of thioether (sulfide) groups is 1. The molecule has 0 aromatic carbocycles. The van der Waals surface area contributed by atoms with Crippen molar-refractivity contribution in [2.24, 2.45) is 5.92 Å². The minimum atomic E-state index is -0.483. The Hall–Kier alpha value is -0.260. The number of nitrogens with one attached hydrogen (secondary N) is 1. The van der Waals surface area contributed by atoms with Gasteiger partial charge in [-0.2, -0.15) is 11.8 Å². The van der Waals surface area contributed by atoms with Crippen molar-refractivity contribution in [2.45, 2.75) is 32.2 Å². The highest BCUT2D eigenvalue weighted by Gasteiger charge is 2.51. The maximum absolute atomic E-state index is 12.3. The molecule has 0 aromatic heterocycles. The molecule has 1 N–H and O–H groups in total. The summed E-state index contributed by atoms with van der Waals surface area (Å²) >= 11 is 1.76. The lowest BCUT2D eigenvalue weighted by Gasteiger charge is -2.32. The van der Waals surface area contributed by atoms with Gasteiger partial charge in [-0.3, -0.25) is 4.79 Å². The van der Waals surface area contributed by atoms with E-state index in [9.17, 15) is 4.79 Å². The van der Waals surface area contributed by atoms with Crippen molar-refractivity contribution in [1.29, 1.82) is 0 Å². The van der Waals surface area contributed by atoms with E-state index in [1.165, 1.54) is 0 Å². The number of hydrogen-bond donors (Lipinski definition) is 1. The van der Waals surface area contributed by atoms with Crippen LogP contribution in [-0.4, -0.2) is 49.9 Å². The molecule has 5 heteroatoms. The van der Waals surface area contributed by atoms with E-state index < -0.39 is 5.54 Å². The molecule has 1 atom stereocenters. The average Bonchev–Trinajstić information content (AvgIpc) is 3.18. The number of methoxy groups -OCH3 is 1. The molecule has 0 amide bonds. The molecule has 0 aliphatic heterocycles. The Morgan fingerprint density at radius 1 is 1.44 bits per heavy atom. The van der Waals surface area contributed by atoms with E-state index in [4.69, 9.17) is 9.47 Å². The lowest BCUT2D eigenvalue weighted by molar-refractivity contribution is -0.151. The molecule has 0 spiro atoms. The molecule has 1 aliphatic carbocycles. The third-order valence-electron chi connectivity index (χ3n) is 3.17. The minimum Gasteiger partial charge on any atom is -0.465 e. The van der Waals surface area contributed by atoms with E-state index in [1.807, 2.05) is 13.8 Å². The zero-order chi connectivity index (χ0) is 13.4. The van der Waals surface area contributed by atoms with Gasteiger partial charge >= 0.3 is 5.97 Å². The summed E-state index contributed by atoms with van der Waals surface area (Å²) in [7, 11) is 1.70. The maximum Gasteiger partial charge on any atom is 0.327 e. The van der Waals surface area contributed by atoms with Gasteiger partial charge in [0.2, 0.25) is 0 Å². The van der Waals surface area contributed by atoms with Gasteiger partial charge in [-0.05, 0) is 32.2 Å². The highest BCUT2D eigenvalue weighted by molar-refractivity contribution is 7.99. The Morgan fingerprint density at radius 3 is 2.67 bits per heavy atom. The second-order valence-electron chi connectivity index (χ2n) is 4.54. The molecular formula is C13H25NO3S. The van der Waals surface area contributed by atoms with Gasteiger partial charge in [-0.15, -0.1) is 0 Å². The van der Waals surface area contributed by atoms with Crippen molar-refractivity contribution in [3.8, 4) is 0 Å². The molecular weight excluding hydrogens is 250 g/mol. The highest BCUT2D eigenvalue weighted by atomic mass is 32.2. The molecule has 4 nitrogen and oxygen atoms in total. The first-order valence-corrected chi connectivity index (χ1v) is 7.85. The first kappa shape index (κ1) is 15.8. The summed E-state index contributed by atoms with van der Waals surface area (Å²) in [6.45, 7) is 5.86. The summed E-state index contributed by atoms with van der Waals surface area (Å²) < 4.78 is 10.3. The summed E-state index contributed by atoms with van der Waals surface area (Å²) in [6, 6.07) is 0. The Labute approximate surface area is 114 Å². The summed E-state index contributed by atoms with van der Waals surface area (Å²) in [5.41, 5.74) is -0.483. The fourth-order valence-electron chi connectivity index (χ4n) is 2.14. The van der Waals surface area contributed by atoms with E-state index in [0.29, 0.717) is 12.5 Å². The summed E-state index contributed by atoms with van der Waals surface area (Å²) in [5, 5.41) is 3.38. The van der Waals surface area contributed by atoms with Crippen LogP contribution in [0.1, 0.15) is 26.7 Å². The molecule has 18 heavy (non-hydrogen) atoms. The zero-order valence-electron chi connectivity index (χ0n) is 11.7. The number of hydrogen-bond acceptors (Lipinski definition) is 5. The quantitative estimate of drug-likeness (QED) is 0.485. The van der Waals surface area contributed by atoms with Crippen LogP contribution in [0.25, 0.3) is 0 Å². The Bertz CT molecular complexity index is 259. The molecule has 106 valence electrons. The number of carbonyl (C=O) groups is 1. The van der Waals surface area contributed by atoms with Crippen LogP contribution in [-0.2, 0) is 14.3 Å². The molecule has 0 saturated heterocycles. The summed E-state index contributed by atoms with van der Waals surface area (Å²) in [6.07, 6.45) is 2.24. The van der Waals surface area contributed by atoms with Crippen LogP contribution >= 0.6 is 11.8 Å². The monoisotopic (exact) mass is 275 g/mol. The van der Waals surface area contributed by atoms with Gasteiger partial charge in [0.05, 0.1) is 13.2 Å². The van der Waals surface area contributed by atoms with Gasteiger partial charge in [-0.25, -0.2) is 0 Å². The molecule has 0 bridgehead atoms.